The lowest BCUT2D eigenvalue weighted by molar-refractivity contribution is -0.0103. The molecule has 0 aliphatic carbocycles. The molecule has 0 bridgehead atoms. The summed E-state index contributed by atoms with van der Waals surface area (Å²) in [7, 11) is 1.72. The average Bonchev–Trinajstić information content (AvgIpc) is 2.35. The maximum atomic E-state index is 5.70. The Hall–Kier alpha value is -1.06. The van der Waals surface area contributed by atoms with Crippen LogP contribution >= 0.6 is 0 Å². The molecule has 19 heavy (non-hydrogen) atoms. The number of hydrogen-bond acceptors (Lipinski definition) is 3. The molecule has 0 aromatic heterocycles. The van der Waals surface area contributed by atoms with Crippen molar-refractivity contribution in [3.63, 3.8) is 0 Å². The van der Waals surface area contributed by atoms with E-state index in [1.807, 2.05) is 6.92 Å². The largest absolute Gasteiger partial charge is 0.496 e. The standard InChI is InChI=1S/C16H27NO2/c1-7-19-16(4,5)11-17-13(3)14-9-8-12(2)10-15(14)18-6/h8-10,13,17H,7,11H2,1-6H3. The summed E-state index contributed by atoms with van der Waals surface area (Å²) in [6.07, 6.45) is 0. The summed E-state index contributed by atoms with van der Waals surface area (Å²) in [5.74, 6) is 0.939. The topological polar surface area (TPSA) is 30.5 Å². The zero-order chi connectivity index (χ0) is 14.5. The molecule has 0 radical (unpaired) electrons. The maximum Gasteiger partial charge on any atom is 0.123 e. The minimum absolute atomic E-state index is 0.152. The first kappa shape index (κ1) is 16.0. The molecule has 1 aromatic rings. The van der Waals surface area contributed by atoms with Gasteiger partial charge < -0.3 is 14.8 Å². The smallest absolute Gasteiger partial charge is 0.123 e. The molecule has 0 aliphatic heterocycles. The summed E-state index contributed by atoms with van der Waals surface area (Å²) in [4.78, 5) is 0. The number of methoxy groups -OCH3 is 1. The van der Waals surface area contributed by atoms with Crippen molar-refractivity contribution in [1.29, 1.82) is 0 Å². The van der Waals surface area contributed by atoms with Gasteiger partial charge in [0.05, 0.1) is 12.7 Å². The van der Waals surface area contributed by atoms with Crippen LogP contribution in [0.25, 0.3) is 0 Å². The van der Waals surface area contributed by atoms with E-state index in [4.69, 9.17) is 9.47 Å². The van der Waals surface area contributed by atoms with Crippen LogP contribution in [-0.4, -0.2) is 25.9 Å². The Balaban J connectivity index is 2.70. The fourth-order valence-electron chi connectivity index (χ4n) is 2.13. The van der Waals surface area contributed by atoms with E-state index in [2.05, 4.69) is 51.2 Å². The molecule has 1 unspecified atom stereocenters. The summed E-state index contributed by atoms with van der Waals surface area (Å²) in [5, 5.41) is 3.51. The Morgan fingerprint density at radius 1 is 1.32 bits per heavy atom. The summed E-state index contributed by atoms with van der Waals surface area (Å²) in [5.41, 5.74) is 2.24. The van der Waals surface area contributed by atoms with Crippen LogP contribution in [0.15, 0.2) is 18.2 Å². The van der Waals surface area contributed by atoms with Crippen molar-refractivity contribution in [2.75, 3.05) is 20.3 Å². The monoisotopic (exact) mass is 265 g/mol. The summed E-state index contributed by atoms with van der Waals surface area (Å²) in [6, 6.07) is 6.54. The molecule has 3 nitrogen and oxygen atoms in total. The first-order valence-corrected chi connectivity index (χ1v) is 6.91. The molecule has 0 fully saturated rings. The van der Waals surface area contributed by atoms with Gasteiger partial charge in [-0.2, -0.15) is 0 Å². The minimum Gasteiger partial charge on any atom is -0.496 e. The molecule has 0 aliphatic rings. The van der Waals surface area contributed by atoms with Gasteiger partial charge in [0, 0.05) is 24.8 Å². The van der Waals surface area contributed by atoms with Crippen LogP contribution in [0, 0.1) is 6.92 Å². The zero-order valence-corrected chi connectivity index (χ0v) is 13.0. The van der Waals surface area contributed by atoms with Crippen molar-refractivity contribution in [2.24, 2.45) is 0 Å². The lowest BCUT2D eigenvalue weighted by Crippen LogP contribution is -2.38. The Morgan fingerprint density at radius 2 is 2.00 bits per heavy atom. The van der Waals surface area contributed by atoms with Crippen LogP contribution < -0.4 is 10.1 Å². The predicted molar refractivity (Wildman–Crippen MR) is 79.9 cm³/mol. The molecule has 3 heteroatoms. The van der Waals surface area contributed by atoms with E-state index in [9.17, 15) is 0 Å². The molecule has 1 N–H and O–H groups in total. The molecule has 0 spiro atoms. The molecule has 0 saturated heterocycles. The highest BCUT2D eigenvalue weighted by molar-refractivity contribution is 5.39. The van der Waals surface area contributed by atoms with E-state index >= 15 is 0 Å². The summed E-state index contributed by atoms with van der Waals surface area (Å²) < 4.78 is 11.2. The number of aryl methyl sites for hydroxylation is 1. The minimum atomic E-state index is -0.152. The molecule has 1 atom stereocenters. The highest BCUT2D eigenvalue weighted by Gasteiger charge is 2.19. The van der Waals surface area contributed by atoms with Gasteiger partial charge in [-0.3, -0.25) is 0 Å². The second-order valence-corrected chi connectivity index (χ2v) is 5.54. The molecule has 1 aromatic carbocycles. The lowest BCUT2D eigenvalue weighted by atomic mass is 10.0. The summed E-state index contributed by atoms with van der Waals surface area (Å²) in [6.45, 7) is 12.0. The van der Waals surface area contributed by atoms with E-state index < -0.39 is 0 Å². The van der Waals surface area contributed by atoms with Crippen molar-refractivity contribution in [3.8, 4) is 5.75 Å². The number of hydrogen-bond donors (Lipinski definition) is 1. The number of nitrogens with one attached hydrogen (secondary N) is 1. The second kappa shape index (κ2) is 6.92. The fraction of sp³-hybridized carbons (Fsp3) is 0.625. The first-order valence-electron chi connectivity index (χ1n) is 6.91. The van der Waals surface area contributed by atoms with Crippen molar-refractivity contribution >= 4 is 0 Å². The van der Waals surface area contributed by atoms with Crippen LogP contribution in [0.5, 0.6) is 5.75 Å². The molecular formula is C16H27NO2. The van der Waals surface area contributed by atoms with Crippen molar-refractivity contribution < 1.29 is 9.47 Å². The zero-order valence-electron chi connectivity index (χ0n) is 13.0. The van der Waals surface area contributed by atoms with Gasteiger partial charge in [-0.25, -0.2) is 0 Å². The van der Waals surface area contributed by atoms with Crippen molar-refractivity contribution in [3.05, 3.63) is 29.3 Å². The van der Waals surface area contributed by atoms with Crippen molar-refractivity contribution in [1.82, 2.24) is 5.32 Å². The van der Waals surface area contributed by atoms with Gasteiger partial charge in [0.2, 0.25) is 0 Å². The average molecular weight is 265 g/mol. The molecule has 108 valence electrons. The van der Waals surface area contributed by atoms with Gasteiger partial charge >= 0.3 is 0 Å². The van der Waals surface area contributed by atoms with E-state index in [1.165, 1.54) is 11.1 Å². The van der Waals surface area contributed by atoms with E-state index in [1.54, 1.807) is 7.11 Å². The molecular weight excluding hydrogens is 238 g/mol. The van der Waals surface area contributed by atoms with Gasteiger partial charge in [-0.05, 0) is 46.2 Å². The van der Waals surface area contributed by atoms with Crippen LogP contribution in [0.4, 0.5) is 0 Å². The fourth-order valence-corrected chi connectivity index (χ4v) is 2.13. The van der Waals surface area contributed by atoms with Gasteiger partial charge in [0.1, 0.15) is 5.75 Å². The summed E-state index contributed by atoms with van der Waals surface area (Å²) >= 11 is 0. The van der Waals surface area contributed by atoms with E-state index in [0.29, 0.717) is 0 Å². The van der Waals surface area contributed by atoms with Crippen LogP contribution in [0.2, 0.25) is 0 Å². The second-order valence-electron chi connectivity index (χ2n) is 5.54. The third-order valence-electron chi connectivity index (χ3n) is 3.22. The Labute approximate surface area is 117 Å². The van der Waals surface area contributed by atoms with Gasteiger partial charge in [0.25, 0.3) is 0 Å². The number of rotatable bonds is 7. The van der Waals surface area contributed by atoms with Gasteiger partial charge in [-0.1, -0.05) is 12.1 Å². The van der Waals surface area contributed by atoms with Crippen LogP contribution in [-0.2, 0) is 4.74 Å². The van der Waals surface area contributed by atoms with E-state index in [-0.39, 0.29) is 11.6 Å². The Kier molecular flexibility index (Phi) is 5.83. The van der Waals surface area contributed by atoms with Gasteiger partial charge in [0.15, 0.2) is 0 Å². The quantitative estimate of drug-likeness (QED) is 0.819. The molecule has 0 amide bonds. The first-order chi connectivity index (χ1) is 8.89. The van der Waals surface area contributed by atoms with Crippen molar-refractivity contribution in [2.45, 2.75) is 46.3 Å². The lowest BCUT2D eigenvalue weighted by Gasteiger charge is -2.27. The third kappa shape index (κ3) is 4.84. The third-order valence-corrected chi connectivity index (χ3v) is 3.22. The number of ether oxygens (including phenoxy) is 2. The molecule has 0 heterocycles. The van der Waals surface area contributed by atoms with Crippen LogP contribution in [0.3, 0.4) is 0 Å². The normalized spacial score (nSPS) is 13.4. The molecule has 0 saturated carbocycles. The van der Waals surface area contributed by atoms with E-state index in [0.717, 1.165) is 18.9 Å². The Bertz CT molecular complexity index is 402. The number of benzene rings is 1. The van der Waals surface area contributed by atoms with Crippen LogP contribution in [0.1, 0.15) is 44.9 Å². The molecule has 1 rings (SSSR count). The van der Waals surface area contributed by atoms with Gasteiger partial charge in [-0.15, -0.1) is 0 Å². The predicted octanol–water partition coefficient (Wildman–Crippen LogP) is 3.47. The SMILES string of the molecule is CCOC(C)(C)CNC(C)c1ccc(C)cc1OC. The Morgan fingerprint density at radius 3 is 2.58 bits per heavy atom. The maximum absolute atomic E-state index is 5.70. The highest BCUT2D eigenvalue weighted by Crippen LogP contribution is 2.26. The highest BCUT2D eigenvalue weighted by atomic mass is 16.5.